The SMILES string of the molecule is CC(=O)NC1(c2ccc(CN)cc2)CCNCC1. The molecule has 1 amide bonds. The van der Waals surface area contributed by atoms with Gasteiger partial charge in [-0.3, -0.25) is 4.79 Å². The quantitative estimate of drug-likeness (QED) is 0.742. The van der Waals surface area contributed by atoms with Gasteiger partial charge in [0.15, 0.2) is 0 Å². The number of hydrogen-bond donors (Lipinski definition) is 3. The van der Waals surface area contributed by atoms with Crippen LogP contribution in [0.1, 0.15) is 30.9 Å². The van der Waals surface area contributed by atoms with Gasteiger partial charge in [0, 0.05) is 13.5 Å². The van der Waals surface area contributed by atoms with E-state index >= 15 is 0 Å². The first-order valence-electron chi connectivity index (χ1n) is 6.45. The van der Waals surface area contributed by atoms with Crippen LogP contribution in [0.3, 0.4) is 0 Å². The number of carbonyl (C=O) groups is 1. The third kappa shape index (κ3) is 2.71. The third-order valence-corrected chi connectivity index (χ3v) is 3.61. The molecule has 0 spiro atoms. The largest absolute Gasteiger partial charge is 0.347 e. The molecular weight excluding hydrogens is 226 g/mol. The topological polar surface area (TPSA) is 67.2 Å². The van der Waals surface area contributed by atoms with E-state index in [0.29, 0.717) is 6.54 Å². The second-order valence-electron chi connectivity index (χ2n) is 4.91. The van der Waals surface area contributed by atoms with Crippen LogP contribution < -0.4 is 16.4 Å². The molecule has 0 bridgehead atoms. The van der Waals surface area contributed by atoms with Crippen molar-refractivity contribution in [3.63, 3.8) is 0 Å². The minimum absolute atomic E-state index is 0.0276. The fraction of sp³-hybridized carbons (Fsp3) is 0.500. The van der Waals surface area contributed by atoms with Gasteiger partial charge in [-0.2, -0.15) is 0 Å². The molecule has 0 radical (unpaired) electrons. The summed E-state index contributed by atoms with van der Waals surface area (Å²) >= 11 is 0. The standard InChI is InChI=1S/C14H21N3O/c1-11(18)17-14(6-8-16-9-7-14)13-4-2-12(10-15)3-5-13/h2-5,16H,6-10,15H2,1H3,(H,17,18). The fourth-order valence-electron chi connectivity index (χ4n) is 2.64. The lowest BCUT2D eigenvalue weighted by Gasteiger charge is -2.38. The highest BCUT2D eigenvalue weighted by Gasteiger charge is 2.34. The van der Waals surface area contributed by atoms with Gasteiger partial charge in [-0.15, -0.1) is 0 Å². The Kier molecular flexibility index (Phi) is 3.99. The van der Waals surface area contributed by atoms with E-state index in [-0.39, 0.29) is 11.4 Å². The van der Waals surface area contributed by atoms with Crippen molar-refractivity contribution in [2.75, 3.05) is 13.1 Å². The van der Waals surface area contributed by atoms with Crippen LogP contribution in [0, 0.1) is 0 Å². The average Bonchev–Trinajstić information content (AvgIpc) is 2.39. The monoisotopic (exact) mass is 247 g/mol. The van der Waals surface area contributed by atoms with Crippen molar-refractivity contribution >= 4 is 5.91 Å². The Morgan fingerprint density at radius 1 is 1.33 bits per heavy atom. The summed E-state index contributed by atoms with van der Waals surface area (Å²) in [6.45, 7) is 3.99. The molecule has 1 aromatic rings. The smallest absolute Gasteiger partial charge is 0.217 e. The molecule has 4 heteroatoms. The molecule has 4 nitrogen and oxygen atoms in total. The molecule has 1 aliphatic heterocycles. The van der Waals surface area contributed by atoms with Crippen LogP contribution in [-0.4, -0.2) is 19.0 Å². The minimum Gasteiger partial charge on any atom is -0.347 e. The Labute approximate surface area is 108 Å². The van der Waals surface area contributed by atoms with Crippen molar-refractivity contribution in [1.29, 1.82) is 0 Å². The third-order valence-electron chi connectivity index (χ3n) is 3.61. The molecule has 1 heterocycles. The van der Waals surface area contributed by atoms with Crippen LogP contribution in [0.4, 0.5) is 0 Å². The summed E-state index contributed by atoms with van der Waals surface area (Å²) in [7, 11) is 0. The molecule has 0 unspecified atom stereocenters. The van der Waals surface area contributed by atoms with Crippen molar-refractivity contribution in [3.8, 4) is 0 Å². The molecule has 98 valence electrons. The van der Waals surface area contributed by atoms with Crippen molar-refractivity contribution < 1.29 is 4.79 Å². The molecule has 1 aliphatic rings. The number of rotatable bonds is 3. The van der Waals surface area contributed by atoms with Gasteiger partial charge in [-0.05, 0) is 37.1 Å². The zero-order valence-electron chi connectivity index (χ0n) is 10.8. The van der Waals surface area contributed by atoms with Crippen LogP contribution in [0.25, 0.3) is 0 Å². The van der Waals surface area contributed by atoms with Gasteiger partial charge >= 0.3 is 0 Å². The summed E-state index contributed by atoms with van der Waals surface area (Å²) in [5.41, 5.74) is 7.69. The maximum Gasteiger partial charge on any atom is 0.217 e. The molecule has 0 aliphatic carbocycles. The van der Waals surface area contributed by atoms with E-state index in [1.807, 2.05) is 12.1 Å². The van der Waals surface area contributed by atoms with Crippen LogP contribution in [0.5, 0.6) is 0 Å². The van der Waals surface area contributed by atoms with E-state index in [1.54, 1.807) is 6.92 Å². The van der Waals surface area contributed by atoms with Gasteiger partial charge < -0.3 is 16.4 Å². The maximum absolute atomic E-state index is 11.5. The van der Waals surface area contributed by atoms with Crippen molar-refractivity contribution in [2.24, 2.45) is 5.73 Å². The van der Waals surface area contributed by atoms with Gasteiger partial charge in [0.1, 0.15) is 0 Å². The van der Waals surface area contributed by atoms with Crippen molar-refractivity contribution in [3.05, 3.63) is 35.4 Å². The minimum atomic E-state index is -0.218. The number of benzene rings is 1. The van der Waals surface area contributed by atoms with Crippen LogP contribution in [0.2, 0.25) is 0 Å². The summed E-state index contributed by atoms with van der Waals surface area (Å²) in [5.74, 6) is 0.0276. The normalized spacial score (nSPS) is 18.3. The Morgan fingerprint density at radius 2 is 1.94 bits per heavy atom. The first-order chi connectivity index (χ1) is 8.66. The second kappa shape index (κ2) is 5.50. The Morgan fingerprint density at radius 3 is 2.44 bits per heavy atom. The fourth-order valence-corrected chi connectivity index (χ4v) is 2.64. The van der Waals surface area contributed by atoms with Crippen molar-refractivity contribution in [1.82, 2.24) is 10.6 Å². The zero-order valence-corrected chi connectivity index (χ0v) is 10.8. The molecule has 18 heavy (non-hydrogen) atoms. The van der Waals surface area contributed by atoms with Gasteiger partial charge in [0.2, 0.25) is 5.91 Å². The lowest BCUT2D eigenvalue weighted by molar-refractivity contribution is -0.121. The van der Waals surface area contributed by atoms with Gasteiger partial charge in [0.05, 0.1) is 5.54 Å². The number of hydrogen-bond acceptors (Lipinski definition) is 3. The van der Waals surface area contributed by atoms with E-state index in [0.717, 1.165) is 31.5 Å². The molecule has 1 fully saturated rings. The van der Waals surface area contributed by atoms with Crippen molar-refractivity contribution in [2.45, 2.75) is 31.8 Å². The lowest BCUT2D eigenvalue weighted by Crippen LogP contribution is -2.51. The number of nitrogens with one attached hydrogen (secondary N) is 2. The highest BCUT2D eigenvalue weighted by Crippen LogP contribution is 2.30. The molecule has 0 atom stereocenters. The number of piperidine rings is 1. The zero-order chi connectivity index (χ0) is 13.0. The predicted molar refractivity (Wildman–Crippen MR) is 71.9 cm³/mol. The number of nitrogens with two attached hydrogens (primary N) is 1. The van der Waals surface area contributed by atoms with E-state index < -0.39 is 0 Å². The molecule has 0 saturated carbocycles. The van der Waals surface area contributed by atoms with E-state index in [2.05, 4.69) is 22.8 Å². The second-order valence-corrected chi connectivity index (χ2v) is 4.91. The summed E-state index contributed by atoms with van der Waals surface area (Å²) in [5, 5.41) is 6.47. The molecule has 1 saturated heterocycles. The van der Waals surface area contributed by atoms with Crippen LogP contribution >= 0.6 is 0 Å². The predicted octanol–water partition coefficient (Wildman–Crippen LogP) is 0.860. The summed E-state index contributed by atoms with van der Waals surface area (Å²) in [6, 6.07) is 8.26. The van der Waals surface area contributed by atoms with Crippen LogP contribution in [-0.2, 0) is 16.9 Å². The highest BCUT2D eigenvalue weighted by molar-refractivity contribution is 5.74. The highest BCUT2D eigenvalue weighted by atomic mass is 16.1. The molecular formula is C14H21N3O. The average molecular weight is 247 g/mol. The van der Waals surface area contributed by atoms with Gasteiger partial charge in [-0.1, -0.05) is 24.3 Å². The summed E-state index contributed by atoms with van der Waals surface area (Å²) in [4.78, 5) is 11.5. The molecule has 1 aromatic carbocycles. The van der Waals surface area contributed by atoms with E-state index in [1.165, 1.54) is 5.56 Å². The lowest BCUT2D eigenvalue weighted by atomic mass is 9.81. The maximum atomic E-state index is 11.5. The molecule has 2 rings (SSSR count). The Hall–Kier alpha value is -1.39. The first-order valence-corrected chi connectivity index (χ1v) is 6.45. The Bertz CT molecular complexity index is 408. The number of carbonyl (C=O) groups excluding carboxylic acids is 1. The van der Waals surface area contributed by atoms with E-state index in [9.17, 15) is 4.79 Å². The number of amides is 1. The molecule has 4 N–H and O–H groups in total. The summed E-state index contributed by atoms with van der Waals surface area (Å²) < 4.78 is 0. The first kappa shape index (κ1) is 13.1. The van der Waals surface area contributed by atoms with Gasteiger partial charge in [0.25, 0.3) is 0 Å². The Balaban J connectivity index is 2.29. The molecule has 0 aromatic heterocycles. The van der Waals surface area contributed by atoms with Crippen LogP contribution in [0.15, 0.2) is 24.3 Å². The van der Waals surface area contributed by atoms with E-state index in [4.69, 9.17) is 5.73 Å². The summed E-state index contributed by atoms with van der Waals surface area (Å²) in [6.07, 6.45) is 1.85. The van der Waals surface area contributed by atoms with Gasteiger partial charge in [-0.25, -0.2) is 0 Å².